The first-order valence-corrected chi connectivity index (χ1v) is 5.27. The van der Waals surface area contributed by atoms with Crippen molar-refractivity contribution in [3.8, 4) is 0 Å². The Morgan fingerprint density at radius 3 is 2.92 bits per heavy atom. The molecular formula is C11H19N. The average Bonchev–Trinajstić information content (AvgIpc) is 2.50. The van der Waals surface area contributed by atoms with E-state index in [2.05, 4.69) is 17.6 Å². The van der Waals surface area contributed by atoms with Gasteiger partial charge in [0.25, 0.3) is 0 Å². The Hall–Kier alpha value is -0.300. The third-order valence-electron chi connectivity index (χ3n) is 3.49. The number of hydrogen-bond acceptors (Lipinski definition) is 1. The summed E-state index contributed by atoms with van der Waals surface area (Å²) < 4.78 is 0. The maximum Gasteiger partial charge on any atom is 0.0163 e. The lowest BCUT2D eigenvalue weighted by atomic mass is 9.85. The lowest BCUT2D eigenvalue weighted by Crippen LogP contribution is -2.34. The molecule has 1 aliphatic heterocycles. The predicted octanol–water partition coefficient (Wildman–Crippen LogP) is 2.44. The van der Waals surface area contributed by atoms with Crippen LogP contribution in [-0.2, 0) is 0 Å². The zero-order valence-electron chi connectivity index (χ0n) is 7.84. The summed E-state index contributed by atoms with van der Waals surface area (Å²) in [6, 6.07) is 0.914. The lowest BCUT2D eigenvalue weighted by Gasteiger charge is -2.30. The Kier molecular flexibility index (Phi) is 2.50. The van der Waals surface area contributed by atoms with Crippen molar-refractivity contribution in [1.29, 1.82) is 0 Å². The topological polar surface area (TPSA) is 3.24 Å². The molecule has 0 N–H and O–H groups in total. The number of hydrogen-bond donors (Lipinski definition) is 0. The molecule has 1 saturated carbocycles. The summed E-state index contributed by atoms with van der Waals surface area (Å²) in [6.07, 6.45) is 9.35. The van der Waals surface area contributed by atoms with Gasteiger partial charge in [-0.1, -0.05) is 18.9 Å². The fraction of sp³-hybridized carbons (Fsp3) is 0.818. The van der Waals surface area contributed by atoms with E-state index >= 15 is 0 Å². The molecule has 0 radical (unpaired) electrons. The summed E-state index contributed by atoms with van der Waals surface area (Å²) >= 11 is 0. The van der Waals surface area contributed by atoms with Crippen LogP contribution in [0.1, 0.15) is 32.1 Å². The summed E-state index contributed by atoms with van der Waals surface area (Å²) in [4.78, 5) is 2.62. The molecular weight excluding hydrogens is 146 g/mol. The van der Waals surface area contributed by atoms with Crippen molar-refractivity contribution in [3.63, 3.8) is 0 Å². The van der Waals surface area contributed by atoms with Gasteiger partial charge in [0.05, 0.1) is 0 Å². The quantitative estimate of drug-likeness (QED) is 0.568. The van der Waals surface area contributed by atoms with Gasteiger partial charge < -0.3 is 0 Å². The summed E-state index contributed by atoms with van der Waals surface area (Å²) in [5.41, 5.74) is 0. The van der Waals surface area contributed by atoms with Crippen LogP contribution in [0.2, 0.25) is 0 Å². The average molecular weight is 165 g/mol. The second-order valence-corrected chi connectivity index (χ2v) is 4.18. The van der Waals surface area contributed by atoms with Crippen LogP contribution in [0.25, 0.3) is 0 Å². The largest absolute Gasteiger partial charge is 0.296 e. The molecule has 1 nitrogen and oxygen atoms in total. The predicted molar refractivity (Wildman–Crippen MR) is 52.1 cm³/mol. The van der Waals surface area contributed by atoms with Gasteiger partial charge in [0.15, 0.2) is 0 Å². The molecule has 2 aliphatic rings. The van der Waals surface area contributed by atoms with Crippen LogP contribution < -0.4 is 0 Å². The number of nitrogens with zero attached hydrogens (tertiary/aromatic N) is 1. The second-order valence-electron chi connectivity index (χ2n) is 4.18. The molecule has 0 aromatic carbocycles. The Morgan fingerprint density at radius 2 is 2.08 bits per heavy atom. The minimum absolute atomic E-state index is 0.914. The van der Waals surface area contributed by atoms with Crippen molar-refractivity contribution >= 4 is 0 Å². The van der Waals surface area contributed by atoms with E-state index in [1.54, 1.807) is 0 Å². The molecule has 0 amide bonds. The first-order valence-electron chi connectivity index (χ1n) is 5.27. The third-order valence-corrected chi connectivity index (χ3v) is 3.49. The maximum absolute atomic E-state index is 3.82. The molecule has 0 spiro atoms. The van der Waals surface area contributed by atoms with E-state index in [0.717, 1.165) is 18.5 Å². The standard InChI is InChI=1S/C11H19N/c1-2-8-12-9-7-10-5-3-4-6-11(10)12/h2,10-11H,1,3-9H2. The van der Waals surface area contributed by atoms with Gasteiger partial charge in [0, 0.05) is 12.6 Å². The Morgan fingerprint density at radius 1 is 1.25 bits per heavy atom. The SMILES string of the molecule is C=CCN1CCC2CCCCC21. The van der Waals surface area contributed by atoms with Gasteiger partial charge >= 0.3 is 0 Å². The number of rotatable bonds is 2. The van der Waals surface area contributed by atoms with Crippen LogP contribution in [0.4, 0.5) is 0 Å². The zero-order chi connectivity index (χ0) is 8.39. The van der Waals surface area contributed by atoms with E-state index in [-0.39, 0.29) is 0 Å². The molecule has 12 heavy (non-hydrogen) atoms. The highest BCUT2D eigenvalue weighted by Crippen LogP contribution is 2.35. The van der Waals surface area contributed by atoms with Crippen LogP contribution in [-0.4, -0.2) is 24.0 Å². The highest BCUT2D eigenvalue weighted by Gasteiger charge is 2.34. The molecule has 1 saturated heterocycles. The molecule has 68 valence electrons. The van der Waals surface area contributed by atoms with E-state index in [9.17, 15) is 0 Å². The summed E-state index contributed by atoms with van der Waals surface area (Å²) in [7, 11) is 0. The van der Waals surface area contributed by atoms with E-state index in [1.807, 2.05) is 0 Å². The van der Waals surface area contributed by atoms with Gasteiger partial charge in [0.1, 0.15) is 0 Å². The van der Waals surface area contributed by atoms with E-state index in [0.29, 0.717) is 0 Å². The summed E-state index contributed by atoms with van der Waals surface area (Å²) in [5, 5.41) is 0. The van der Waals surface area contributed by atoms with Gasteiger partial charge in [-0.2, -0.15) is 0 Å². The van der Waals surface area contributed by atoms with Crippen molar-refractivity contribution in [3.05, 3.63) is 12.7 Å². The van der Waals surface area contributed by atoms with Crippen LogP contribution >= 0.6 is 0 Å². The molecule has 2 fully saturated rings. The van der Waals surface area contributed by atoms with Gasteiger partial charge in [0.2, 0.25) is 0 Å². The molecule has 2 rings (SSSR count). The minimum atomic E-state index is 0.914. The second kappa shape index (κ2) is 3.61. The van der Waals surface area contributed by atoms with E-state index in [4.69, 9.17) is 0 Å². The Balaban J connectivity index is 1.96. The van der Waals surface area contributed by atoms with Crippen molar-refractivity contribution in [2.75, 3.05) is 13.1 Å². The fourth-order valence-corrected chi connectivity index (χ4v) is 2.90. The summed E-state index contributed by atoms with van der Waals surface area (Å²) in [5.74, 6) is 1.03. The van der Waals surface area contributed by atoms with Crippen LogP contribution in [0.3, 0.4) is 0 Å². The normalized spacial score (nSPS) is 36.3. The highest BCUT2D eigenvalue weighted by atomic mass is 15.2. The minimum Gasteiger partial charge on any atom is -0.296 e. The molecule has 1 aliphatic carbocycles. The van der Waals surface area contributed by atoms with Crippen LogP contribution in [0.5, 0.6) is 0 Å². The van der Waals surface area contributed by atoms with Crippen molar-refractivity contribution in [2.24, 2.45) is 5.92 Å². The first-order chi connectivity index (χ1) is 5.92. The van der Waals surface area contributed by atoms with Gasteiger partial charge in [-0.3, -0.25) is 4.90 Å². The van der Waals surface area contributed by atoms with Gasteiger partial charge in [-0.25, -0.2) is 0 Å². The van der Waals surface area contributed by atoms with E-state index < -0.39 is 0 Å². The molecule has 1 heterocycles. The number of likely N-dealkylation sites (tertiary alicyclic amines) is 1. The van der Waals surface area contributed by atoms with Crippen molar-refractivity contribution in [2.45, 2.75) is 38.1 Å². The fourth-order valence-electron chi connectivity index (χ4n) is 2.90. The smallest absolute Gasteiger partial charge is 0.0163 e. The lowest BCUT2D eigenvalue weighted by molar-refractivity contribution is 0.198. The third kappa shape index (κ3) is 1.42. The molecule has 0 aromatic heterocycles. The molecule has 0 bridgehead atoms. The highest BCUT2D eigenvalue weighted by molar-refractivity contribution is 4.92. The molecule has 2 unspecified atom stereocenters. The van der Waals surface area contributed by atoms with Crippen LogP contribution in [0, 0.1) is 5.92 Å². The van der Waals surface area contributed by atoms with Gasteiger partial charge in [-0.05, 0) is 31.7 Å². The van der Waals surface area contributed by atoms with Crippen LogP contribution in [0.15, 0.2) is 12.7 Å². The summed E-state index contributed by atoms with van der Waals surface area (Å²) in [6.45, 7) is 6.25. The van der Waals surface area contributed by atoms with Crippen molar-refractivity contribution < 1.29 is 0 Å². The monoisotopic (exact) mass is 165 g/mol. The zero-order valence-corrected chi connectivity index (χ0v) is 7.84. The van der Waals surface area contributed by atoms with Gasteiger partial charge in [-0.15, -0.1) is 6.58 Å². The maximum atomic E-state index is 3.82. The Bertz CT molecular complexity index is 164. The molecule has 1 heteroatoms. The van der Waals surface area contributed by atoms with Crippen molar-refractivity contribution in [1.82, 2.24) is 4.90 Å². The first kappa shape index (κ1) is 8.31. The number of fused-ring (bicyclic) bond motifs is 1. The van der Waals surface area contributed by atoms with E-state index in [1.165, 1.54) is 38.6 Å². The Labute approximate surface area is 75.4 Å². The molecule has 0 aromatic rings. The molecule has 2 atom stereocenters.